The zero-order valence-corrected chi connectivity index (χ0v) is 15.6. The summed E-state index contributed by atoms with van der Waals surface area (Å²) in [5.41, 5.74) is 0.982. The Kier molecular flexibility index (Phi) is 12.4. The van der Waals surface area contributed by atoms with Crippen molar-refractivity contribution < 1.29 is 19.1 Å². The third-order valence-corrected chi connectivity index (χ3v) is 3.61. The molecular weight excluding hydrogens is 292 g/mol. The number of hydrogen-bond donors (Lipinski definition) is 0. The van der Waals surface area contributed by atoms with E-state index < -0.39 is 0 Å². The second kappa shape index (κ2) is 13.1. The van der Waals surface area contributed by atoms with E-state index in [0.29, 0.717) is 30.8 Å². The lowest BCUT2D eigenvalue weighted by Gasteiger charge is -2.17. The molecular formula is C19H34O4. The summed E-state index contributed by atoms with van der Waals surface area (Å²) in [4.78, 5) is 24.8. The minimum atomic E-state index is -0.369. The molecule has 23 heavy (non-hydrogen) atoms. The van der Waals surface area contributed by atoms with E-state index in [0.717, 1.165) is 38.5 Å². The largest absolute Gasteiger partial charge is 0.462 e. The van der Waals surface area contributed by atoms with Crippen LogP contribution < -0.4 is 0 Å². The topological polar surface area (TPSA) is 52.6 Å². The number of hydrogen-bond acceptors (Lipinski definition) is 4. The summed E-state index contributed by atoms with van der Waals surface area (Å²) >= 11 is 0. The highest BCUT2D eigenvalue weighted by Gasteiger charge is 2.25. The smallest absolute Gasteiger partial charge is 0.334 e. The molecule has 0 spiro atoms. The van der Waals surface area contributed by atoms with E-state index in [-0.39, 0.29) is 17.9 Å². The van der Waals surface area contributed by atoms with Crippen molar-refractivity contribution in [2.45, 2.75) is 79.6 Å². The van der Waals surface area contributed by atoms with Crippen LogP contribution in [0.1, 0.15) is 79.6 Å². The fraction of sp³-hybridized carbons (Fsp3) is 0.789. The summed E-state index contributed by atoms with van der Waals surface area (Å²) in [7, 11) is 0. The first-order valence-electron chi connectivity index (χ1n) is 9.06. The number of esters is 2. The quantitative estimate of drug-likeness (QED) is 0.293. The molecule has 4 nitrogen and oxygen atoms in total. The Bertz CT molecular complexity index is 383. The third kappa shape index (κ3) is 8.77. The molecule has 0 heterocycles. The first-order chi connectivity index (χ1) is 11.0. The summed E-state index contributed by atoms with van der Waals surface area (Å²) in [5.74, 6) is -0.787. The molecule has 4 heteroatoms. The van der Waals surface area contributed by atoms with Gasteiger partial charge in [-0.1, -0.05) is 53.9 Å². The van der Waals surface area contributed by atoms with Gasteiger partial charge in [-0.3, -0.25) is 0 Å². The van der Waals surface area contributed by atoms with Crippen molar-refractivity contribution in [3.05, 3.63) is 11.1 Å². The van der Waals surface area contributed by atoms with Gasteiger partial charge in [0.05, 0.1) is 18.8 Å². The van der Waals surface area contributed by atoms with Crippen LogP contribution in [0.15, 0.2) is 11.1 Å². The summed E-state index contributed by atoms with van der Waals surface area (Å²) in [6, 6.07) is 0. The second-order valence-electron chi connectivity index (χ2n) is 6.13. The summed E-state index contributed by atoms with van der Waals surface area (Å²) in [6.45, 7) is 10.8. The van der Waals surface area contributed by atoms with Gasteiger partial charge in [0.15, 0.2) is 0 Å². The van der Waals surface area contributed by atoms with Gasteiger partial charge >= 0.3 is 11.9 Å². The molecule has 0 bridgehead atoms. The Morgan fingerprint density at radius 3 is 1.70 bits per heavy atom. The van der Waals surface area contributed by atoms with Crippen LogP contribution in [-0.2, 0) is 19.1 Å². The zero-order chi connectivity index (χ0) is 17.7. The van der Waals surface area contributed by atoms with E-state index >= 15 is 0 Å². The summed E-state index contributed by atoms with van der Waals surface area (Å²) in [6.07, 6.45) is 6.00. The first kappa shape index (κ1) is 21.7. The van der Waals surface area contributed by atoms with Crippen LogP contribution in [0.5, 0.6) is 0 Å². The second-order valence-corrected chi connectivity index (χ2v) is 6.13. The molecule has 0 unspecified atom stereocenters. The highest BCUT2D eigenvalue weighted by Crippen LogP contribution is 2.23. The summed E-state index contributed by atoms with van der Waals surface area (Å²) in [5, 5.41) is 0. The van der Waals surface area contributed by atoms with Crippen molar-refractivity contribution in [2.75, 3.05) is 13.2 Å². The van der Waals surface area contributed by atoms with E-state index in [2.05, 4.69) is 6.92 Å². The monoisotopic (exact) mass is 326 g/mol. The standard InChI is InChI=1S/C19H34O4/c1-6-9-12-16(18(20)22-13-10-7-2)17(15(4)5)19(21)23-14-11-8-3/h15H,6-14H2,1-5H3/b17-16-. The third-order valence-electron chi connectivity index (χ3n) is 3.61. The highest BCUT2D eigenvalue weighted by molar-refractivity contribution is 6.00. The van der Waals surface area contributed by atoms with Gasteiger partial charge in [-0.15, -0.1) is 0 Å². The number of carbonyl (C=O) groups excluding carboxylic acids is 2. The number of unbranched alkanes of at least 4 members (excludes halogenated alkanes) is 3. The molecule has 0 amide bonds. The SMILES string of the molecule is CCCCOC(=O)/C(CCCC)=C(\C(=O)OCCCC)C(C)C. The Morgan fingerprint density at radius 2 is 1.26 bits per heavy atom. The van der Waals surface area contributed by atoms with Gasteiger partial charge in [0.2, 0.25) is 0 Å². The highest BCUT2D eigenvalue weighted by atomic mass is 16.5. The van der Waals surface area contributed by atoms with Crippen molar-refractivity contribution >= 4 is 11.9 Å². The van der Waals surface area contributed by atoms with Gasteiger partial charge < -0.3 is 9.47 Å². The molecule has 0 aliphatic rings. The zero-order valence-electron chi connectivity index (χ0n) is 15.6. The lowest BCUT2D eigenvalue weighted by molar-refractivity contribution is -0.143. The lowest BCUT2D eigenvalue weighted by Crippen LogP contribution is -2.21. The average Bonchev–Trinajstić information content (AvgIpc) is 2.51. The van der Waals surface area contributed by atoms with E-state index in [4.69, 9.17) is 9.47 Å². The van der Waals surface area contributed by atoms with Gasteiger partial charge in [-0.05, 0) is 31.6 Å². The molecule has 0 fully saturated rings. The lowest BCUT2D eigenvalue weighted by atomic mass is 9.94. The Hall–Kier alpha value is -1.32. The fourth-order valence-electron chi connectivity index (χ4n) is 2.19. The van der Waals surface area contributed by atoms with Gasteiger partial charge in [-0.2, -0.15) is 0 Å². The maximum atomic E-state index is 12.4. The molecule has 0 rings (SSSR count). The molecule has 0 N–H and O–H groups in total. The van der Waals surface area contributed by atoms with Crippen LogP contribution in [0, 0.1) is 5.92 Å². The van der Waals surface area contributed by atoms with Gasteiger partial charge in [0.25, 0.3) is 0 Å². The van der Waals surface area contributed by atoms with E-state index in [1.54, 1.807) is 0 Å². The van der Waals surface area contributed by atoms with Crippen molar-refractivity contribution in [3.8, 4) is 0 Å². The number of rotatable bonds is 12. The summed E-state index contributed by atoms with van der Waals surface area (Å²) < 4.78 is 10.7. The Labute approximate surface area is 141 Å². The van der Waals surface area contributed by atoms with E-state index in [9.17, 15) is 9.59 Å². The molecule has 0 aliphatic carbocycles. The predicted octanol–water partition coefficient (Wildman–Crippen LogP) is 4.82. The van der Waals surface area contributed by atoms with Crippen LogP contribution in [0.25, 0.3) is 0 Å². The van der Waals surface area contributed by atoms with Gasteiger partial charge in [0, 0.05) is 5.57 Å². The van der Waals surface area contributed by atoms with Gasteiger partial charge in [0.1, 0.15) is 0 Å². The molecule has 0 radical (unpaired) electrons. The van der Waals surface area contributed by atoms with E-state index in [1.165, 1.54) is 0 Å². The molecule has 0 aliphatic heterocycles. The minimum absolute atomic E-state index is 0.0605. The Balaban J connectivity index is 5.26. The Morgan fingerprint density at radius 1 is 0.783 bits per heavy atom. The van der Waals surface area contributed by atoms with Gasteiger partial charge in [-0.25, -0.2) is 9.59 Å². The van der Waals surface area contributed by atoms with Crippen LogP contribution in [0.2, 0.25) is 0 Å². The van der Waals surface area contributed by atoms with Crippen LogP contribution in [-0.4, -0.2) is 25.2 Å². The molecule has 0 atom stereocenters. The van der Waals surface area contributed by atoms with Crippen LogP contribution >= 0.6 is 0 Å². The minimum Gasteiger partial charge on any atom is -0.462 e. The van der Waals surface area contributed by atoms with Crippen LogP contribution in [0.4, 0.5) is 0 Å². The normalized spacial score (nSPS) is 12.1. The van der Waals surface area contributed by atoms with Crippen molar-refractivity contribution in [2.24, 2.45) is 5.92 Å². The van der Waals surface area contributed by atoms with Crippen molar-refractivity contribution in [1.29, 1.82) is 0 Å². The fourth-order valence-corrected chi connectivity index (χ4v) is 2.19. The molecule has 0 aromatic heterocycles. The molecule has 0 aromatic rings. The number of ether oxygens (including phenoxy) is 2. The van der Waals surface area contributed by atoms with Crippen molar-refractivity contribution in [3.63, 3.8) is 0 Å². The maximum Gasteiger partial charge on any atom is 0.334 e. The average molecular weight is 326 g/mol. The van der Waals surface area contributed by atoms with Crippen molar-refractivity contribution in [1.82, 2.24) is 0 Å². The first-order valence-corrected chi connectivity index (χ1v) is 9.06. The molecule has 134 valence electrons. The van der Waals surface area contributed by atoms with Crippen LogP contribution in [0.3, 0.4) is 0 Å². The molecule has 0 saturated carbocycles. The van der Waals surface area contributed by atoms with E-state index in [1.807, 2.05) is 27.7 Å². The molecule has 0 saturated heterocycles. The maximum absolute atomic E-state index is 12.4. The number of carbonyl (C=O) groups is 2. The molecule has 0 aromatic carbocycles. The predicted molar refractivity (Wildman–Crippen MR) is 93.1 cm³/mol.